The number of hydrogen-bond acceptors (Lipinski definition) is 4. The first-order valence-electron chi connectivity index (χ1n) is 7.86. The number of benzene rings is 1. The minimum atomic E-state index is -0.452. The van der Waals surface area contributed by atoms with Crippen molar-refractivity contribution in [1.82, 2.24) is 10.2 Å². The molecule has 1 fully saturated rings. The molecule has 0 bridgehead atoms. The summed E-state index contributed by atoms with van der Waals surface area (Å²) < 4.78 is 0. The highest BCUT2D eigenvalue weighted by Gasteiger charge is 2.21. The third kappa shape index (κ3) is 4.94. The monoisotopic (exact) mass is 352 g/mol. The van der Waals surface area contributed by atoms with E-state index in [-0.39, 0.29) is 19.0 Å². The molecular weight excluding hydrogens is 332 g/mol. The molecule has 2 rings (SSSR count). The molecule has 0 aliphatic carbocycles. The molecule has 0 spiro atoms. The molecule has 1 aromatic carbocycles. The number of likely N-dealkylation sites (tertiary alicyclic amines) is 1. The molecule has 1 saturated heterocycles. The van der Waals surface area contributed by atoms with Crippen molar-refractivity contribution < 1.29 is 14.4 Å². The Hall–Kier alpha value is -2.12. The van der Waals surface area contributed by atoms with Crippen molar-refractivity contribution in [3.05, 3.63) is 28.8 Å². The molecular formula is C16H21ClN4O3. The van der Waals surface area contributed by atoms with Crippen molar-refractivity contribution in [3.63, 3.8) is 0 Å². The second-order valence-corrected chi connectivity index (χ2v) is 6.01. The zero-order chi connectivity index (χ0) is 17.5. The number of anilines is 1. The smallest absolute Gasteiger partial charge is 0.255 e. The first-order chi connectivity index (χ1) is 11.5. The molecule has 0 aromatic heterocycles. The van der Waals surface area contributed by atoms with Crippen molar-refractivity contribution in [1.29, 1.82) is 0 Å². The van der Waals surface area contributed by atoms with Crippen molar-refractivity contribution in [2.75, 3.05) is 31.5 Å². The van der Waals surface area contributed by atoms with E-state index in [0.29, 0.717) is 29.4 Å². The maximum absolute atomic E-state index is 12.7. The van der Waals surface area contributed by atoms with Crippen LogP contribution in [0.5, 0.6) is 0 Å². The number of halogens is 1. The van der Waals surface area contributed by atoms with E-state index in [1.54, 1.807) is 17.0 Å². The Morgan fingerprint density at radius 1 is 1.12 bits per heavy atom. The van der Waals surface area contributed by atoms with Gasteiger partial charge in [0.1, 0.15) is 0 Å². The van der Waals surface area contributed by atoms with Crippen LogP contribution in [0.1, 0.15) is 29.6 Å². The second kappa shape index (κ2) is 8.65. The Bertz CT molecular complexity index is 630. The van der Waals surface area contributed by atoms with Crippen molar-refractivity contribution in [2.45, 2.75) is 19.3 Å². The summed E-state index contributed by atoms with van der Waals surface area (Å²) in [4.78, 5) is 37.5. The molecule has 0 radical (unpaired) electrons. The van der Waals surface area contributed by atoms with E-state index < -0.39 is 11.8 Å². The SMILES string of the molecule is NCC(=O)NCC(=O)Nc1cc(Cl)ccc1C(=O)N1CCCCC1. The van der Waals surface area contributed by atoms with Gasteiger partial charge in [-0.3, -0.25) is 14.4 Å². The average Bonchev–Trinajstić information content (AvgIpc) is 2.60. The Balaban J connectivity index is 2.10. The van der Waals surface area contributed by atoms with Crippen LogP contribution in [0.15, 0.2) is 18.2 Å². The van der Waals surface area contributed by atoms with Crippen LogP contribution in [-0.4, -0.2) is 48.8 Å². The van der Waals surface area contributed by atoms with Gasteiger partial charge in [-0.25, -0.2) is 0 Å². The van der Waals surface area contributed by atoms with Crippen LogP contribution in [0.2, 0.25) is 5.02 Å². The molecule has 130 valence electrons. The molecule has 8 heteroatoms. The van der Waals surface area contributed by atoms with Crippen molar-refractivity contribution >= 4 is 35.0 Å². The maximum Gasteiger partial charge on any atom is 0.255 e. The van der Waals surface area contributed by atoms with E-state index in [0.717, 1.165) is 19.3 Å². The van der Waals surface area contributed by atoms with Crippen molar-refractivity contribution in [2.24, 2.45) is 5.73 Å². The number of amides is 3. The quantitative estimate of drug-likeness (QED) is 0.734. The van der Waals surface area contributed by atoms with Crippen LogP contribution in [0.4, 0.5) is 5.69 Å². The topological polar surface area (TPSA) is 105 Å². The lowest BCUT2D eigenvalue weighted by molar-refractivity contribution is -0.123. The molecule has 0 atom stereocenters. The summed E-state index contributed by atoms with van der Waals surface area (Å²) >= 11 is 5.98. The standard InChI is InChI=1S/C16H21ClN4O3/c17-11-4-5-12(16(24)21-6-2-1-3-7-21)13(8-11)20-15(23)10-19-14(22)9-18/h4-5,8H,1-3,6-7,9-10,18H2,(H,19,22)(H,20,23). The predicted octanol–water partition coefficient (Wildman–Crippen LogP) is 0.979. The summed E-state index contributed by atoms with van der Waals surface area (Å²) in [5, 5.41) is 5.41. The van der Waals surface area contributed by atoms with E-state index in [4.69, 9.17) is 17.3 Å². The van der Waals surface area contributed by atoms with Gasteiger partial charge in [0.25, 0.3) is 5.91 Å². The highest BCUT2D eigenvalue weighted by molar-refractivity contribution is 6.31. The highest BCUT2D eigenvalue weighted by Crippen LogP contribution is 2.24. The fraction of sp³-hybridized carbons (Fsp3) is 0.438. The maximum atomic E-state index is 12.7. The number of carbonyl (C=O) groups excluding carboxylic acids is 3. The van der Waals surface area contributed by atoms with Crippen LogP contribution in [0.3, 0.4) is 0 Å². The number of nitrogens with zero attached hydrogens (tertiary/aromatic N) is 1. The van der Waals surface area contributed by atoms with Gasteiger partial charge in [0.15, 0.2) is 0 Å². The number of carbonyl (C=O) groups is 3. The zero-order valence-corrected chi connectivity index (χ0v) is 14.1. The second-order valence-electron chi connectivity index (χ2n) is 5.57. The molecule has 1 aliphatic rings. The minimum absolute atomic E-state index is 0.132. The number of rotatable bonds is 5. The van der Waals surface area contributed by atoms with Crippen LogP contribution < -0.4 is 16.4 Å². The van der Waals surface area contributed by atoms with E-state index in [1.807, 2.05) is 0 Å². The lowest BCUT2D eigenvalue weighted by Crippen LogP contribution is -2.38. The predicted molar refractivity (Wildman–Crippen MR) is 91.9 cm³/mol. The van der Waals surface area contributed by atoms with Crippen LogP contribution >= 0.6 is 11.6 Å². The van der Waals surface area contributed by atoms with Gasteiger partial charge in [-0.05, 0) is 37.5 Å². The van der Waals surface area contributed by atoms with Crippen LogP contribution in [-0.2, 0) is 9.59 Å². The Kier molecular flexibility index (Phi) is 6.57. The third-order valence-corrected chi connectivity index (χ3v) is 4.00. The number of hydrogen-bond donors (Lipinski definition) is 3. The van der Waals surface area contributed by atoms with E-state index in [9.17, 15) is 14.4 Å². The lowest BCUT2D eigenvalue weighted by atomic mass is 10.1. The van der Waals surface area contributed by atoms with Gasteiger partial charge >= 0.3 is 0 Å². The normalized spacial score (nSPS) is 14.2. The average molecular weight is 353 g/mol. The molecule has 24 heavy (non-hydrogen) atoms. The highest BCUT2D eigenvalue weighted by atomic mass is 35.5. The summed E-state index contributed by atoms with van der Waals surface area (Å²) in [6.45, 7) is 1.01. The van der Waals surface area contributed by atoms with Crippen molar-refractivity contribution in [3.8, 4) is 0 Å². The van der Waals surface area contributed by atoms with Crippen LogP contribution in [0.25, 0.3) is 0 Å². The van der Waals surface area contributed by atoms with Gasteiger partial charge < -0.3 is 21.3 Å². The van der Waals surface area contributed by atoms with Gasteiger partial charge in [-0.2, -0.15) is 0 Å². The molecule has 3 amide bonds. The summed E-state index contributed by atoms with van der Waals surface area (Å²) in [6, 6.07) is 4.75. The summed E-state index contributed by atoms with van der Waals surface area (Å²) in [5.74, 6) is -1.01. The lowest BCUT2D eigenvalue weighted by Gasteiger charge is -2.27. The molecule has 1 heterocycles. The van der Waals surface area contributed by atoms with Gasteiger partial charge in [0.05, 0.1) is 24.3 Å². The zero-order valence-electron chi connectivity index (χ0n) is 13.3. The Labute approximate surface area is 145 Å². The summed E-state index contributed by atoms with van der Waals surface area (Å²) in [5.41, 5.74) is 5.89. The summed E-state index contributed by atoms with van der Waals surface area (Å²) in [7, 11) is 0. The van der Waals surface area contributed by atoms with E-state index in [1.165, 1.54) is 6.07 Å². The fourth-order valence-corrected chi connectivity index (χ4v) is 2.69. The molecule has 0 unspecified atom stereocenters. The van der Waals surface area contributed by atoms with E-state index >= 15 is 0 Å². The van der Waals surface area contributed by atoms with Gasteiger partial charge in [-0.1, -0.05) is 11.6 Å². The molecule has 7 nitrogen and oxygen atoms in total. The summed E-state index contributed by atoms with van der Waals surface area (Å²) in [6.07, 6.45) is 3.08. The van der Waals surface area contributed by atoms with Gasteiger partial charge in [-0.15, -0.1) is 0 Å². The largest absolute Gasteiger partial charge is 0.346 e. The Morgan fingerprint density at radius 3 is 2.50 bits per heavy atom. The van der Waals surface area contributed by atoms with Gasteiger partial charge in [0, 0.05) is 18.1 Å². The number of nitrogens with two attached hydrogens (primary N) is 1. The Morgan fingerprint density at radius 2 is 1.83 bits per heavy atom. The number of piperidine rings is 1. The molecule has 4 N–H and O–H groups in total. The number of nitrogens with one attached hydrogen (secondary N) is 2. The first-order valence-corrected chi connectivity index (χ1v) is 8.24. The van der Waals surface area contributed by atoms with Gasteiger partial charge in [0.2, 0.25) is 11.8 Å². The molecule has 1 aliphatic heterocycles. The minimum Gasteiger partial charge on any atom is -0.346 e. The fourth-order valence-electron chi connectivity index (χ4n) is 2.52. The third-order valence-electron chi connectivity index (χ3n) is 3.76. The van der Waals surface area contributed by atoms with E-state index in [2.05, 4.69) is 10.6 Å². The molecule has 0 saturated carbocycles. The first kappa shape index (κ1) is 18.2. The van der Waals surface area contributed by atoms with Crippen LogP contribution in [0, 0.1) is 0 Å². The molecule has 1 aromatic rings.